The van der Waals surface area contributed by atoms with Crippen LogP contribution < -0.4 is 5.32 Å². The van der Waals surface area contributed by atoms with Gasteiger partial charge in [0.05, 0.1) is 12.6 Å². The van der Waals surface area contributed by atoms with Crippen molar-refractivity contribution in [2.45, 2.75) is 70.5 Å². The summed E-state index contributed by atoms with van der Waals surface area (Å²) >= 11 is 0. The van der Waals surface area contributed by atoms with E-state index in [1.54, 1.807) is 7.11 Å². The highest BCUT2D eigenvalue weighted by molar-refractivity contribution is 5.77. The molecule has 2 atom stereocenters. The van der Waals surface area contributed by atoms with E-state index in [0.717, 1.165) is 32.2 Å². The molecule has 0 aromatic rings. The third kappa shape index (κ3) is 6.76. The summed E-state index contributed by atoms with van der Waals surface area (Å²) in [6.45, 7) is 8.03. The minimum atomic E-state index is 0.0580. The Bertz CT molecular complexity index is 315. The maximum Gasteiger partial charge on any atom is 0.222 e. The number of ether oxygens (including phenoxy) is 1. The maximum absolute atomic E-state index is 12.4. The predicted molar refractivity (Wildman–Crippen MR) is 84.2 cm³/mol. The van der Waals surface area contributed by atoms with Crippen LogP contribution in [-0.2, 0) is 9.53 Å². The van der Waals surface area contributed by atoms with Gasteiger partial charge in [-0.1, -0.05) is 6.42 Å². The molecule has 5 heteroatoms. The minimum Gasteiger partial charge on any atom is -0.396 e. The Morgan fingerprint density at radius 2 is 2.05 bits per heavy atom. The fourth-order valence-corrected chi connectivity index (χ4v) is 3.00. The number of likely N-dealkylation sites (tertiary alicyclic amines) is 1. The van der Waals surface area contributed by atoms with Gasteiger partial charge in [-0.15, -0.1) is 0 Å². The number of carbonyl (C=O) groups excluding carboxylic acids is 1. The fourth-order valence-electron chi connectivity index (χ4n) is 3.00. The van der Waals surface area contributed by atoms with Crippen LogP contribution in [0.3, 0.4) is 0 Å². The monoisotopic (exact) mass is 300 g/mol. The molecule has 1 amide bonds. The van der Waals surface area contributed by atoms with Gasteiger partial charge in [-0.05, 0) is 40.0 Å². The van der Waals surface area contributed by atoms with Crippen molar-refractivity contribution in [2.24, 2.45) is 0 Å². The molecule has 5 nitrogen and oxygen atoms in total. The van der Waals surface area contributed by atoms with Gasteiger partial charge in [-0.25, -0.2) is 0 Å². The number of rotatable bonds is 8. The van der Waals surface area contributed by atoms with Crippen LogP contribution in [0, 0.1) is 0 Å². The summed E-state index contributed by atoms with van der Waals surface area (Å²) in [5.41, 5.74) is 0.0580. The minimum absolute atomic E-state index is 0.0580. The van der Waals surface area contributed by atoms with Gasteiger partial charge < -0.3 is 20.1 Å². The van der Waals surface area contributed by atoms with E-state index in [0.29, 0.717) is 19.1 Å². The first-order valence-electron chi connectivity index (χ1n) is 8.04. The van der Waals surface area contributed by atoms with Gasteiger partial charge in [-0.2, -0.15) is 0 Å². The van der Waals surface area contributed by atoms with Gasteiger partial charge in [0.15, 0.2) is 0 Å². The number of hydrogen-bond donors (Lipinski definition) is 2. The van der Waals surface area contributed by atoms with Crippen molar-refractivity contribution in [3.05, 3.63) is 0 Å². The smallest absolute Gasteiger partial charge is 0.222 e. The largest absolute Gasteiger partial charge is 0.396 e. The Balaban J connectivity index is 2.50. The molecule has 0 saturated carbocycles. The zero-order valence-corrected chi connectivity index (χ0v) is 14.0. The van der Waals surface area contributed by atoms with E-state index in [4.69, 9.17) is 9.84 Å². The molecule has 0 aromatic heterocycles. The molecule has 21 heavy (non-hydrogen) atoms. The van der Waals surface area contributed by atoms with E-state index in [2.05, 4.69) is 26.1 Å². The topological polar surface area (TPSA) is 61.8 Å². The number of nitrogens with one attached hydrogen (secondary N) is 1. The van der Waals surface area contributed by atoms with Crippen LogP contribution in [0.25, 0.3) is 0 Å². The van der Waals surface area contributed by atoms with Crippen molar-refractivity contribution in [1.29, 1.82) is 0 Å². The lowest BCUT2D eigenvalue weighted by Crippen LogP contribution is -2.45. The standard InChI is InChI=1S/C16H32N2O3/c1-16(2,3)17-13-10-14(12-21-4)18(11-13)15(20)8-6-5-7-9-19/h13-14,17,19H,5-12H2,1-4H3. The van der Waals surface area contributed by atoms with Crippen molar-refractivity contribution in [1.82, 2.24) is 10.2 Å². The van der Waals surface area contributed by atoms with Gasteiger partial charge in [0.25, 0.3) is 0 Å². The lowest BCUT2D eigenvalue weighted by atomic mass is 10.1. The molecule has 1 heterocycles. The Hall–Kier alpha value is -0.650. The summed E-state index contributed by atoms with van der Waals surface area (Å²) in [6.07, 6.45) is 4.07. The maximum atomic E-state index is 12.4. The number of amides is 1. The molecule has 1 saturated heterocycles. The molecular weight excluding hydrogens is 268 g/mol. The van der Waals surface area contributed by atoms with E-state index < -0.39 is 0 Å². The first-order chi connectivity index (χ1) is 9.87. The lowest BCUT2D eigenvalue weighted by Gasteiger charge is -2.26. The van der Waals surface area contributed by atoms with Crippen LogP contribution >= 0.6 is 0 Å². The average Bonchev–Trinajstić information content (AvgIpc) is 2.75. The zero-order chi connectivity index (χ0) is 15.9. The summed E-state index contributed by atoms with van der Waals surface area (Å²) in [6, 6.07) is 0.520. The van der Waals surface area contributed by atoms with Crippen LogP contribution in [-0.4, -0.2) is 60.4 Å². The lowest BCUT2D eigenvalue weighted by molar-refractivity contribution is -0.133. The number of methoxy groups -OCH3 is 1. The molecule has 124 valence electrons. The molecule has 0 aromatic carbocycles. The molecule has 1 aliphatic rings. The quantitative estimate of drug-likeness (QED) is 0.668. The van der Waals surface area contributed by atoms with E-state index in [-0.39, 0.29) is 24.1 Å². The van der Waals surface area contributed by atoms with Gasteiger partial charge in [0.1, 0.15) is 0 Å². The average molecular weight is 300 g/mol. The Morgan fingerprint density at radius 3 is 2.62 bits per heavy atom. The van der Waals surface area contributed by atoms with Crippen LogP contribution in [0.2, 0.25) is 0 Å². The van der Waals surface area contributed by atoms with Gasteiger partial charge in [0.2, 0.25) is 5.91 Å². The zero-order valence-electron chi connectivity index (χ0n) is 14.0. The highest BCUT2D eigenvalue weighted by Gasteiger charge is 2.36. The summed E-state index contributed by atoms with van der Waals surface area (Å²) in [5.74, 6) is 0.216. The summed E-state index contributed by atoms with van der Waals surface area (Å²) < 4.78 is 5.27. The molecular formula is C16H32N2O3. The number of carbonyl (C=O) groups is 1. The number of nitrogens with zero attached hydrogens (tertiary/aromatic N) is 1. The van der Waals surface area contributed by atoms with Crippen molar-refractivity contribution in [3.63, 3.8) is 0 Å². The molecule has 0 bridgehead atoms. The second-order valence-electron chi connectivity index (χ2n) is 7.02. The van der Waals surface area contributed by atoms with E-state index in [9.17, 15) is 4.79 Å². The van der Waals surface area contributed by atoms with Crippen LogP contribution in [0.15, 0.2) is 0 Å². The summed E-state index contributed by atoms with van der Waals surface area (Å²) in [7, 11) is 1.69. The molecule has 2 unspecified atom stereocenters. The fraction of sp³-hybridized carbons (Fsp3) is 0.938. The first-order valence-corrected chi connectivity index (χ1v) is 8.04. The molecule has 1 rings (SSSR count). The Labute approximate surface area is 129 Å². The molecule has 0 radical (unpaired) electrons. The SMILES string of the molecule is COCC1CC(NC(C)(C)C)CN1C(=O)CCCCCO. The molecule has 0 aliphatic carbocycles. The normalized spacial score (nSPS) is 22.8. The summed E-state index contributed by atoms with van der Waals surface area (Å²) in [4.78, 5) is 14.4. The molecule has 2 N–H and O–H groups in total. The van der Waals surface area contributed by atoms with E-state index >= 15 is 0 Å². The van der Waals surface area contributed by atoms with Gasteiger partial charge >= 0.3 is 0 Å². The van der Waals surface area contributed by atoms with E-state index in [1.165, 1.54) is 0 Å². The van der Waals surface area contributed by atoms with Crippen molar-refractivity contribution in [3.8, 4) is 0 Å². The van der Waals surface area contributed by atoms with Crippen molar-refractivity contribution < 1.29 is 14.6 Å². The van der Waals surface area contributed by atoms with Crippen molar-refractivity contribution >= 4 is 5.91 Å². The van der Waals surface area contributed by atoms with Crippen LogP contribution in [0.1, 0.15) is 52.9 Å². The highest BCUT2D eigenvalue weighted by atomic mass is 16.5. The number of hydrogen-bond acceptors (Lipinski definition) is 4. The predicted octanol–water partition coefficient (Wildman–Crippen LogP) is 1.54. The van der Waals surface area contributed by atoms with Crippen molar-refractivity contribution in [2.75, 3.05) is 26.9 Å². The number of unbranched alkanes of at least 4 members (excludes halogenated alkanes) is 2. The van der Waals surface area contributed by atoms with E-state index in [1.807, 2.05) is 4.90 Å². The Morgan fingerprint density at radius 1 is 1.33 bits per heavy atom. The molecule has 1 aliphatic heterocycles. The number of aliphatic hydroxyl groups is 1. The van der Waals surface area contributed by atoms with Crippen LogP contribution in [0.5, 0.6) is 0 Å². The summed E-state index contributed by atoms with van der Waals surface area (Å²) in [5, 5.41) is 12.4. The molecule has 1 fully saturated rings. The van der Waals surface area contributed by atoms with Gasteiger partial charge in [-0.3, -0.25) is 4.79 Å². The number of aliphatic hydroxyl groups excluding tert-OH is 1. The van der Waals surface area contributed by atoms with Gasteiger partial charge in [0, 0.05) is 38.3 Å². The second kappa shape index (κ2) is 8.71. The molecule has 0 spiro atoms. The third-order valence-electron chi connectivity index (χ3n) is 3.78. The second-order valence-corrected chi connectivity index (χ2v) is 7.02. The Kier molecular flexibility index (Phi) is 7.63. The third-order valence-corrected chi connectivity index (χ3v) is 3.78. The first kappa shape index (κ1) is 18.4. The van der Waals surface area contributed by atoms with Crippen LogP contribution in [0.4, 0.5) is 0 Å². The highest BCUT2D eigenvalue weighted by Crippen LogP contribution is 2.22.